The number of halogens is 1. The second-order valence-electron chi connectivity index (χ2n) is 7.26. The number of carbonyl (C=O) groups excluding carboxylic acids is 1. The molecule has 0 radical (unpaired) electrons. The van der Waals surface area contributed by atoms with Crippen LogP contribution in [0.25, 0.3) is 6.08 Å². The third kappa shape index (κ3) is 5.36. The number of nitrogens with two attached hydrogens (primary N) is 1. The zero-order valence-corrected chi connectivity index (χ0v) is 18.5. The lowest BCUT2D eigenvalue weighted by atomic mass is 10.2. The second-order valence-corrected chi connectivity index (χ2v) is 7.67. The van der Waals surface area contributed by atoms with Gasteiger partial charge in [0, 0.05) is 17.6 Å². The van der Waals surface area contributed by atoms with E-state index in [-0.39, 0.29) is 18.1 Å². The fraction of sp³-hybridized carbons (Fsp3) is 0.208. The molecular weight excluding hydrogens is 428 g/mol. The van der Waals surface area contributed by atoms with Gasteiger partial charge in [-0.3, -0.25) is 24.0 Å². The normalized spacial score (nSPS) is 11.1. The standard InChI is InChI=1S/C24H25ClN4O3/c1-2-3-15-28-22(26)21(23(31)27-24(28)32)29(16-17-9-5-4-6-10-17)20(30)14-13-18-11-7-8-12-19(18)25/h4-14H,2-3,15-16,26H2,1H3,(H,27,31,32)/b14-13+. The number of hydrogen-bond donors (Lipinski definition) is 2. The number of nitrogen functional groups attached to an aromatic ring is 1. The SMILES string of the molecule is CCCCn1c(N)c(N(Cc2ccccc2)C(=O)/C=C/c2ccccc2Cl)c(=O)[nH]c1=O. The zero-order valence-electron chi connectivity index (χ0n) is 17.8. The maximum atomic E-state index is 13.2. The summed E-state index contributed by atoms with van der Waals surface area (Å²) in [6.07, 6.45) is 4.47. The molecule has 7 nitrogen and oxygen atoms in total. The number of carbonyl (C=O) groups is 1. The summed E-state index contributed by atoms with van der Waals surface area (Å²) in [6, 6.07) is 16.3. The highest BCUT2D eigenvalue weighted by Crippen LogP contribution is 2.22. The fourth-order valence-electron chi connectivity index (χ4n) is 3.27. The maximum Gasteiger partial charge on any atom is 0.330 e. The minimum atomic E-state index is -0.712. The summed E-state index contributed by atoms with van der Waals surface area (Å²) in [5.74, 6) is -0.505. The zero-order chi connectivity index (χ0) is 23.1. The largest absolute Gasteiger partial charge is 0.383 e. The van der Waals surface area contributed by atoms with Crippen molar-refractivity contribution < 1.29 is 4.79 Å². The molecule has 166 valence electrons. The molecule has 0 saturated carbocycles. The van der Waals surface area contributed by atoms with Crippen LogP contribution < -0.4 is 21.9 Å². The highest BCUT2D eigenvalue weighted by molar-refractivity contribution is 6.32. The average molecular weight is 453 g/mol. The summed E-state index contributed by atoms with van der Waals surface area (Å²) in [5, 5.41) is 0.497. The van der Waals surface area contributed by atoms with Crippen molar-refractivity contribution in [3.63, 3.8) is 0 Å². The molecule has 1 heterocycles. The summed E-state index contributed by atoms with van der Waals surface area (Å²) in [6.45, 7) is 2.43. The molecule has 1 aromatic heterocycles. The predicted molar refractivity (Wildman–Crippen MR) is 129 cm³/mol. The van der Waals surface area contributed by atoms with Crippen LogP contribution in [0.5, 0.6) is 0 Å². The molecule has 0 saturated heterocycles. The lowest BCUT2D eigenvalue weighted by molar-refractivity contribution is -0.114. The Morgan fingerprint density at radius 3 is 2.50 bits per heavy atom. The number of benzene rings is 2. The van der Waals surface area contributed by atoms with E-state index in [4.69, 9.17) is 17.3 Å². The summed E-state index contributed by atoms with van der Waals surface area (Å²) in [4.78, 5) is 41.9. The molecule has 3 rings (SSSR count). The molecule has 0 bridgehead atoms. The van der Waals surface area contributed by atoms with E-state index < -0.39 is 17.2 Å². The molecule has 0 unspecified atom stereocenters. The first-order chi connectivity index (χ1) is 15.4. The van der Waals surface area contributed by atoms with Gasteiger partial charge in [-0.25, -0.2) is 4.79 Å². The van der Waals surface area contributed by atoms with E-state index in [0.717, 1.165) is 12.0 Å². The lowest BCUT2D eigenvalue weighted by Gasteiger charge is -2.23. The number of aromatic nitrogens is 2. The molecular formula is C24H25ClN4O3. The van der Waals surface area contributed by atoms with Crippen LogP contribution in [0.4, 0.5) is 11.5 Å². The van der Waals surface area contributed by atoms with Crippen molar-refractivity contribution >= 4 is 35.1 Å². The first-order valence-corrected chi connectivity index (χ1v) is 10.7. The fourth-order valence-corrected chi connectivity index (χ4v) is 3.47. The highest BCUT2D eigenvalue weighted by atomic mass is 35.5. The number of aromatic amines is 1. The quantitative estimate of drug-likeness (QED) is 0.507. The Labute approximate surface area is 190 Å². The number of H-pyrrole nitrogens is 1. The van der Waals surface area contributed by atoms with Gasteiger partial charge in [0.2, 0.25) is 0 Å². The monoisotopic (exact) mass is 452 g/mol. The highest BCUT2D eigenvalue weighted by Gasteiger charge is 2.23. The summed E-state index contributed by atoms with van der Waals surface area (Å²) in [5.41, 5.74) is 6.36. The molecule has 1 amide bonds. The van der Waals surface area contributed by atoms with Crippen molar-refractivity contribution in [1.82, 2.24) is 9.55 Å². The van der Waals surface area contributed by atoms with Crippen LogP contribution in [0.3, 0.4) is 0 Å². The van der Waals surface area contributed by atoms with E-state index in [1.54, 1.807) is 24.3 Å². The predicted octanol–water partition coefficient (Wildman–Crippen LogP) is 3.82. The van der Waals surface area contributed by atoms with Crippen LogP contribution >= 0.6 is 11.6 Å². The van der Waals surface area contributed by atoms with E-state index in [2.05, 4.69) is 4.98 Å². The Hall–Kier alpha value is -3.58. The number of unbranched alkanes of at least 4 members (excludes halogenated alkanes) is 1. The minimum Gasteiger partial charge on any atom is -0.383 e. The molecule has 0 aliphatic heterocycles. The van der Waals surface area contributed by atoms with Crippen LogP contribution in [0.2, 0.25) is 5.02 Å². The Morgan fingerprint density at radius 1 is 1.12 bits per heavy atom. The van der Waals surface area contributed by atoms with Crippen molar-refractivity contribution in [3.05, 3.63) is 97.7 Å². The number of nitrogens with zero attached hydrogens (tertiary/aromatic N) is 2. The van der Waals surface area contributed by atoms with Gasteiger partial charge in [-0.15, -0.1) is 0 Å². The Balaban J connectivity index is 2.07. The molecule has 0 aliphatic carbocycles. The van der Waals surface area contributed by atoms with Gasteiger partial charge in [-0.2, -0.15) is 0 Å². The first kappa shape index (κ1) is 23.1. The summed E-state index contributed by atoms with van der Waals surface area (Å²) in [7, 11) is 0. The van der Waals surface area contributed by atoms with Gasteiger partial charge >= 0.3 is 5.69 Å². The Kier molecular flexibility index (Phi) is 7.68. The number of hydrogen-bond acceptors (Lipinski definition) is 4. The average Bonchev–Trinajstić information content (AvgIpc) is 2.78. The Morgan fingerprint density at radius 2 is 1.81 bits per heavy atom. The molecule has 3 N–H and O–H groups in total. The van der Waals surface area contributed by atoms with Gasteiger partial charge in [0.05, 0.1) is 6.54 Å². The van der Waals surface area contributed by atoms with E-state index in [0.29, 0.717) is 23.6 Å². The molecule has 2 aromatic carbocycles. The number of rotatable bonds is 8. The van der Waals surface area contributed by atoms with Crippen molar-refractivity contribution in [2.75, 3.05) is 10.6 Å². The number of nitrogens with one attached hydrogen (secondary N) is 1. The van der Waals surface area contributed by atoms with E-state index in [9.17, 15) is 14.4 Å². The number of anilines is 2. The minimum absolute atomic E-state index is 0.0392. The van der Waals surface area contributed by atoms with Gasteiger partial charge in [0.15, 0.2) is 5.69 Å². The van der Waals surface area contributed by atoms with Gasteiger partial charge in [-0.05, 0) is 29.7 Å². The molecule has 3 aromatic rings. The van der Waals surface area contributed by atoms with Crippen LogP contribution in [0.15, 0.2) is 70.3 Å². The Bertz CT molecular complexity index is 1230. The topological polar surface area (TPSA) is 101 Å². The van der Waals surface area contributed by atoms with Crippen LogP contribution in [-0.2, 0) is 17.9 Å². The van der Waals surface area contributed by atoms with Crippen molar-refractivity contribution in [2.45, 2.75) is 32.9 Å². The van der Waals surface area contributed by atoms with E-state index in [1.807, 2.05) is 43.3 Å². The van der Waals surface area contributed by atoms with Crippen molar-refractivity contribution in [2.24, 2.45) is 0 Å². The van der Waals surface area contributed by atoms with Gasteiger partial charge in [0.1, 0.15) is 5.82 Å². The molecule has 32 heavy (non-hydrogen) atoms. The third-order valence-electron chi connectivity index (χ3n) is 4.98. The van der Waals surface area contributed by atoms with E-state index >= 15 is 0 Å². The van der Waals surface area contributed by atoms with Gasteiger partial charge in [0.25, 0.3) is 11.5 Å². The first-order valence-electron chi connectivity index (χ1n) is 10.3. The van der Waals surface area contributed by atoms with Gasteiger partial charge in [-0.1, -0.05) is 73.5 Å². The third-order valence-corrected chi connectivity index (χ3v) is 5.32. The maximum absolute atomic E-state index is 13.2. The number of amides is 1. The lowest BCUT2D eigenvalue weighted by Crippen LogP contribution is -2.40. The van der Waals surface area contributed by atoms with Gasteiger partial charge < -0.3 is 5.73 Å². The van der Waals surface area contributed by atoms with Crippen LogP contribution in [0.1, 0.15) is 30.9 Å². The van der Waals surface area contributed by atoms with Crippen molar-refractivity contribution in [1.29, 1.82) is 0 Å². The summed E-state index contributed by atoms with van der Waals surface area (Å²) >= 11 is 6.18. The second kappa shape index (κ2) is 10.6. The molecule has 0 spiro atoms. The smallest absolute Gasteiger partial charge is 0.330 e. The molecule has 0 fully saturated rings. The van der Waals surface area contributed by atoms with E-state index in [1.165, 1.54) is 15.5 Å². The van der Waals surface area contributed by atoms with Crippen molar-refractivity contribution in [3.8, 4) is 0 Å². The van der Waals surface area contributed by atoms with Crippen LogP contribution in [-0.4, -0.2) is 15.5 Å². The molecule has 0 aliphatic rings. The summed E-state index contributed by atoms with van der Waals surface area (Å²) < 4.78 is 1.29. The molecule has 8 heteroatoms. The molecule has 0 atom stereocenters. The van der Waals surface area contributed by atoms with Crippen LogP contribution in [0, 0.1) is 0 Å².